The lowest BCUT2D eigenvalue weighted by atomic mass is 9.93. The molecular formula is C15H19N. The summed E-state index contributed by atoms with van der Waals surface area (Å²) in [6, 6.07) is 10.7. The molecule has 2 aliphatic rings. The first kappa shape index (κ1) is 10.1. The zero-order valence-corrected chi connectivity index (χ0v) is 9.60. The largest absolute Gasteiger partial charge is 0.312 e. The maximum atomic E-state index is 3.59. The van der Waals surface area contributed by atoms with Crippen LogP contribution >= 0.6 is 0 Å². The number of hydrogen-bond acceptors (Lipinski definition) is 1. The summed E-state index contributed by atoms with van der Waals surface area (Å²) in [5.41, 5.74) is 1.39. The maximum absolute atomic E-state index is 3.59. The predicted octanol–water partition coefficient (Wildman–Crippen LogP) is 2.99. The van der Waals surface area contributed by atoms with Gasteiger partial charge in [0, 0.05) is 6.54 Å². The summed E-state index contributed by atoms with van der Waals surface area (Å²) in [6.45, 7) is 2.19. The Balaban J connectivity index is 1.46. The van der Waals surface area contributed by atoms with Gasteiger partial charge in [-0.1, -0.05) is 42.5 Å². The third kappa shape index (κ3) is 2.05. The van der Waals surface area contributed by atoms with Crippen molar-refractivity contribution in [3.05, 3.63) is 48.0 Å². The first-order valence-electron chi connectivity index (χ1n) is 6.35. The van der Waals surface area contributed by atoms with Crippen molar-refractivity contribution in [1.29, 1.82) is 0 Å². The van der Waals surface area contributed by atoms with Crippen molar-refractivity contribution >= 4 is 0 Å². The van der Waals surface area contributed by atoms with Crippen LogP contribution in [-0.4, -0.2) is 6.54 Å². The molecule has 1 nitrogen and oxygen atoms in total. The van der Waals surface area contributed by atoms with Gasteiger partial charge >= 0.3 is 0 Å². The lowest BCUT2D eigenvalue weighted by Crippen LogP contribution is -2.25. The standard InChI is InChI=1S/C15H19N/c1-2-4-12(5-3-1)10-16-11-15-9-13-6-7-14(15)8-13/h1-7,13-16H,8-11H2/t13-,14+,15-/m1/s1. The monoisotopic (exact) mass is 213 g/mol. The molecule has 1 fully saturated rings. The number of rotatable bonds is 4. The van der Waals surface area contributed by atoms with E-state index in [1.54, 1.807) is 0 Å². The summed E-state index contributed by atoms with van der Waals surface area (Å²) in [5, 5.41) is 3.59. The van der Waals surface area contributed by atoms with E-state index in [0.29, 0.717) is 0 Å². The highest BCUT2D eigenvalue weighted by atomic mass is 14.9. The van der Waals surface area contributed by atoms with Crippen LogP contribution in [0.15, 0.2) is 42.5 Å². The first-order valence-corrected chi connectivity index (χ1v) is 6.35. The molecule has 1 saturated carbocycles. The van der Waals surface area contributed by atoms with Gasteiger partial charge in [-0.3, -0.25) is 0 Å². The third-order valence-corrected chi connectivity index (χ3v) is 3.99. The van der Waals surface area contributed by atoms with Crippen molar-refractivity contribution in [3.8, 4) is 0 Å². The molecule has 2 aliphatic carbocycles. The van der Waals surface area contributed by atoms with Crippen LogP contribution in [0.5, 0.6) is 0 Å². The van der Waals surface area contributed by atoms with E-state index in [-0.39, 0.29) is 0 Å². The molecule has 1 aromatic rings. The van der Waals surface area contributed by atoms with Gasteiger partial charge in [0.05, 0.1) is 0 Å². The summed E-state index contributed by atoms with van der Waals surface area (Å²) >= 11 is 0. The van der Waals surface area contributed by atoms with Gasteiger partial charge in [-0.05, 0) is 42.7 Å². The Bertz CT molecular complexity index is 368. The Morgan fingerprint density at radius 2 is 1.94 bits per heavy atom. The lowest BCUT2D eigenvalue weighted by molar-refractivity contribution is 0.414. The minimum atomic E-state index is 0.869. The van der Waals surface area contributed by atoms with Gasteiger partial charge in [0.25, 0.3) is 0 Å². The van der Waals surface area contributed by atoms with Gasteiger partial charge in [-0.25, -0.2) is 0 Å². The van der Waals surface area contributed by atoms with Crippen LogP contribution < -0.4 is 5.32 Å². The number of hydrogen-bond donors (Lipinski definition) is 1. The second-order valence-corrected chi connectivity index (χ2v) is 5.16. The Morgan fingerprint density at radius 3 is 2.62 bits per heavy atom. The first-order chi connectivity index (χ1) is 7.92. The zero-order chi connectivity index (χ0) is 10.8. The average molecular weight is 213 g/mol. The molecule has 1 N–H and O–H groups in total. The smallest absolute Gasteiger partial charge is 0.0205 e. The minimum absolute atomic E-state index is 0.869. The van der Waals surface area contributed by atoms with Crippen molar-refractivity contribution in [2.24, 2.45) is 17.8 Å². The molecule has 0 heterocycles. The fourth-order valence-electron chi connectivity index (χ4n) is 3.13. The number of fused-ring (bicyclic) bond motifs is 2. The van der Waals surface area contributed by atoms with E-state index in [0.717, 1.165) is 24.3 Å². The molecule has 2 bridgehead atoms. The molecule has 3 rings (SSSR count). The molecule has 3 atom stereocenters. The van der Waals surface area contributed by atoms with Crippen molar-refractivity contribution in [2.75, 3.05) is 6.54 Å². The molecule has 16 heavy (non-hydrogen) atoms. The van der Waals surface area contributed by atoms with Crippen LogP contribution in [0.2, 0.25) is 0 Å². The van der Waals surface area contributed by atoms with Crippen LogP contribution in [0, 0.1) is 17.8 Å². The fraction of sp³-hybridized carbons (Fsp3) is 0.467. The summed E-state index contributed by atoms with van der Waals surface area (Å²) in [7, 11) is 0. The molecule has 0 aromatic heterocycles. The summed E-state index contributed by atoms with van der Waals surface area (Å²) in [6.07, 6.45) is 7.67. The van der Waals surface area contributed by atoms with E-state index in [1.165, 1.54) is 24.9 Å². The second-order valence-electron chi connectivity index (χ2n) is 5.16. The van der Waals surface area contributed by atoms with Crippen LogP contribution in [0.4, 0.5) is 0 Å². The molecule has 0 radical (unpaired) electrons. The molecule has 0 saturated heterocycles. The predicted molar refractivity (Wildman–Crippen MR) is 67.0 cm³/mol. The van der Waals surface area contributed by atoms with Gasteiger partial charge < -0.3 is 5.32 Å². The van der Waals surface area contributed by atoms with Crippen molar-refractivity contribution in [1.82, 2.24) is 5.32 Å². The quantitative estimate of drug-likeness (QED) is 0.758. The molecule has 0 spiro atoms. The van der Waals surface area contributed by atoms with Gasteiger partial charge in [0.15, 0.2) is 0 Å². The third-order valence-electron chi connectivity index (χ3n) is 3.99. The van der Waals surface area contributed by atoms with E-state index in [1.807, 2.05) is 0 Å². The molecule has 1 heteroatoms. The molecule has 84 valence electrons. The molecule has 0 aliphatic heterocycles. The summed E-state index contributed by atoms with van der Waals surface area (Å²) in [4.78, 5) is 0. The Hall–Kier alpha value is -1.08. The van der Waals surface area contributed by atoms with Crippen LogP contribution in [0.25, 0.3) is 0 Å². The highest BCUT2D eigenvalue weighted by molar-refractivity contribution is 5.14. The fourth-order valence-corrected chi connectivity index (χ4v) is 3.13. The van der Waals surface area contributed by atoms with E-state index in [9.17, 15) is 0 Å². The molecular weight excluding hydrogens is 194 g/mol. The number of benzene rings is 1. The Morgan fingerprint density at radius 1 is 1.06 bits per heavy atom. The molecule has 0 unspecified atom stereocenters. The molecule has 0 amide bonds. The summed E-state index contributed by atoms with van der Waals surface area (Å²) < 4.78 is 0. The normalized spacial score (nSPS) is 31.1. The van der Waals surface area contributed by atoms with Crippen molar-refractivity contribution in [3.63, 3.8) is 0 Å². The Labute approximate surface area is 97.6 Å². The SMILES string of the molecule is C1=C[C@H]2C[C@@H]1C[C@@H]2CNCc1ccccc1. The van der Waals surface area contributed by atoms with Crippen LogP contribution in [0.1, 0.15) is 18.4 Å². The average Bonchev–Trinajstić information content (AvgIpc) is 2.92. The van der Waals surface area contributed by atoms with Crippen molar-refractivity contribution in [2.45, 2.75) is 19.4 Å². The van der Waals surface area contributed by atoms with Gasteiger partial charge in [-0.2, -0.15) is 0 Å². The lowest BCUT2D eigenvalue weighted by Gasteiger charge is -2.18. The van der Waals surface area contributed by atoms with Crippen LogP contribution in [-0.2, 0) is 6.54 Å². The summed E-state index contributed by atoms with van der Waals surface area (Å²) in [5.74, 6) is 2.65. The van der Waals surface area contributed by atoms with E-state index >= 15 is 0 Å². The zero-order valence-electron chi connectivity index (χ0n) is 9.60. The number of nitrogens with one attached hydrogen (secondary N) is 1. The van der Waals surface area contributed by atoms with Gasteiger partial charge in [0.1, 0.15) is 0 Å². The topological polar surface area (TPSA) is 12.0 Å². The maximum Gasteiger partial charge on any atom is 0.0205 e. The van der Waals surface area contributed by atoms with E-state index in [4.69, 9.17) is 0 Å². The van der Waals surface area contributed by atoms with Gasteiger partial charge in [-0.15, -0.1) is 0 Å². The van der Waals surface area contributed by atoms with Crippen LogP contribution in [0.3, 0.4) is 0 Å². The highest BCUT2D eigenvalue weighted by Crippen LogP contribution is 2.42. The van der Waals surface area contributed by atoms with Crippen molar-refractivity contribution < 1.29 is 0 Å². The van der Waals surface area contributed by atoms with E-state index < -0.39 is 0 Å². The Kier molecular flexibility index (Phi) is 2.79. The highest BCUT2D eigenvalue weighted by Gasteiger charge is 2.34. The second kappa shape index (κ2) is 4.42. The molecule has 1 aromatic carbocycles. The van der Waals surface area contributed by atoms with E-state index in [2.05, 4.69) is 47.8 Å². The number of allylic oxidation sites excluding steroid dienone is 2. The van der Waals surface area contributed by atoms with Gasteiger partial charge in [0.2, 0.25) is 0 Å². The minimum Gasteiger partial charge on any atom is -0.312 e.